The molecule has 0 radical (unpaired) electrons. The van der Waals surface area contributed by atoms with Gasteiger partial charge < -0.3 is 16.0 Å². The van der Waals surface area contributed by atoms with Gasteiger partial charge in [0.1, 0.15) is 0 Å². The second kappa shape index (κ2) is 23.2. The molecule has 18 nitrogen and oxygen atoms in total. The van der Waals surface area contributed by atoms with E-state index >= 15 is 0 Å². The van der Waals surface area contributed by atoms with E-state index in [0.717, 1.165) is 57.8 Å². The molecule has 294 valence electrons. The number of nitrogens with one attached hydrogen (secondary N) is 3. The summed E-state index contributed by atoms with van der Waals surface area (Å²) in [6, 6.07) is -0.561. The highest BCUT2D eigenvalue weighted by Gasteiger charge is 2.16. The van der Waals surface area contributed by atoms with Gasteiger partial charge in [-0.05, 0) is 38.5 Å². The van der Waals surface area contributed by atoms with Gasteiger partial charge in [-0.2, -0.15) is 0 Å². The third kappa shape index (κ3) is 13.5. The minimum atomic E-state index is -0.595. The molecule has 3 N–H and O–H groups in total. The second-order valence-corrected chi connectivity index (χ2v) is 13.1. The van der Waals surface area contributed by atoms with Crippen LogP contribution in [0.1, 0.15) is 77.0 Å². The van der Waals surface area contributed by atoms with Crippen LogP contribution in [0.3, 0.4) is 0 Å². The number of aromatic nitrogens is 3. The van der Waals surface area contributed by atoms with Crippen molar-refractivity contribution in [2.75, 3.05) is 39.3 Å². The van der Waals surface area contributed by atoms with E-state index in [-0.39, 0.29) is 37.7 Å². The molecule has 3 aliphatic heterocycles. The maximum Gasteiger partial charge on any atom is 0.336 e. The average molecular weight is 751 g/mol. The Morgan fingerprint density at radius 2 is 0.722 bits per heavy atom. The smallest absolute Gasteiger partial charge is 0.336 e. The third-order valence-electron chi connectivity index (χ3n) is 9.07. The zero-order chi connectivity index (χ0) is 38.4. The average Bonchev–Trinajstić information content (AvgIpc) is 3.20. The summed E-state index contributed by atoms with van der Waals surface area (Å²) in [7, 11) is 0. The first-order valence-corrected chi connectivity index (χ1v) is 19.0. The van der Waals surface area contributed by atoms with Crippen molar-refractivity contribution in [3.05, 3.63) is 68.7 Å². The molecule has 54 heavy (non-hydrogen) atoms. The van der Waals surface area contributed by atoms with Gasteiger partial charge in [-0.15, -0.1) is 0 Å². The van der Waals surface area contributed by atoms with Gasteiger partial charge in [0.25, 0.3) is 0 Å². The fraction of sp³-hybridized carbons (Fsp3) is 0.583. The lowest BCUT2D eigenvalue weighted by Crippen LogP contribution is -2.54. The van der Waals surface area contributed by atoms with Crippen LogP contribution in [0.5, 0.6) is 0 Å². The lowest BCUT2D eigenvalue weighted by Gasteiger charge is -2.18. The largest absolute Gasteiger partial charge is 0.338 e. The number of unbranched alkanes of at least 4 members (excludes halogenated alkanes) is 9. The molecule has 0 saturated carbocycles. The van der Waals surface area contributed by atoms with Gasteiger partial charge in [-0.1, -0.05) is 38.5 Å². The number of nitrogens with zero attached hydrogens (tertiary/aromatic N) is 9. The van der Waals surface area contributed by atoms with Gasteiger partial charge in [0, 0.05) is 95.1 Å². The van der Waals surface area contributed by atoms with Gasteiger partial charge in [0.2, 0.25) is 0 Å². The van der Waals surface area contributed by atoms with Crippen LogP contribution in [0.2, 0.25) is 0 Å². The first-order chi connectivity index (χ1) is 26.4. The topological polar surface area (TPSA) is 200 Å². The first-order valence-electron chi connectivity index (χ1n) is 19.0. The predicted molar refractivity (Wildman–Crippen MR) is 208 cm³/mol. The summed E-state index contributed by atoms with van der Waals surface area (Å²) in [4.78, 5) is 93.7. The van der Waals surface area contributed by atoms with E-state index < -0.39 is 17.1 Å². The van der Waals surface area contributed by atoms with Crippen molar-refractivity contribution >= 4 is 36.7 Å². The number of hydrogen-bond acceptors (Lipinski definition) is 9. The van der Waals surface area contributed by atoms with E-state index in [1.54, 1.807) is 55.8 Å². The van der Waals surface area contributed by atoms with Crippen molar-refractivity contribution in [1.29, 1.82) is 0 Å². The zero-order valence-corrected chi connectivity index (χ0v) is 31.0. The molecule has 3 aliphatic rings. The minimum Gasteiger partial charge on any atom is -0.338 e. The van der Waals surface area contributed by atoms with Crippen molar-refractivity contribution in [3.8, 4) is 0 Å². The molecule has 0 aliphatic carbocycles. The summed E-state index contributed by atoms with van der Waals surface area (Å²) in [5, 5.41) is 8.65. The molecule has 0 unspecified atom stereocenters. The van der Waals surface area contributed by atoms with Crippen molar-refractivity contribution in [2.24, 2.45) is 15.0 Å². The Balaban J connectivity index is 1.24. The lowest BCUT2D eigenvalue weighted by atomic mass is 10.2. The number of urea groups is 3. The molecule has 18 heteroatoms. The van der Waals surface area contributed by atoms with Crippen molar-refractivity contribution in [1.82, 2.24) is 44.4 Å². The molecule has 0 fully saturated rings. The van der Waals surface area contributed by atoms with Gasteiger partial charge in [0.15, 0.2) is 0 Å². The van der Waals surface area contributed by atoms with Crippen LogP contribution in [0.25, 0.3) is 0 Å². The summed E-state index contributed by atoms with van der Waals surface area (Å²) in [5.41, 5.74) is -1.78. The highest BCUT2D eigenvalue weighted by molar-refractivity contribution is 5.80. The van der Waals surface area contributed by atoms with Gasteiger partial charge in [-0.25, -0.2) is 42.5 Å². The normalized spacial score (nSPS) is 14.6. The van der Waals surface area contributed by atoms with E-state index in [4.69, 9.17) is 0 Å². The molecule has 4 rings (SSSR count). The highest BCUT2D eigenvalue weighted by Crippen LogP contribution is 2.05. The monoisotopic (exact) mass is 750 g/mol. The summed E-state index contributed by atoms with van der Waals surface area (Å²) in [6.45, 7) is 3.38. The fourth-order valence-corrected chi connectivity index (χ4v) is 5.97. The Hall–Kier alpha value is -5.55. The standard InChI is InChI=1S/C36H54N12O6/c49-31(43-25-16-37-17-26-43)40-13-7-1-4-10-22-46-34(52)47(23-11-5-2-8-14-41-32(50)44-27-18-38-19-28-44)36(54)48(35(46)53)24-12-6-3-9-15-42-33(51)45-29-20-39-21-30-45/h16-21,25,27,29H,1-15,22-24,26,28,30H2,(H,40,49)(H,41,50)(H,42,51). The van der Waals surface area contributed by atoms with Crippen LogP contribution in [0.15, 0.2) is 66.6 Å². The summed E-state index contributed by atoms with van der Waals surface area (Å²) in [6.07, 6.45) is 23.1. The minimum absolute atomic E-state index is 0.187. The van der Waals surface area contributed by atoms with Crippen LogP contribution in [0, 0.1) is 0 Å². The number of amides is 6. The molecular formula is C36H54N12O6. The molecule has 1 aromatic heterocycles. The molecule has 6 amide bonds. The first kappa shape index (κ1) is 41.2. The SMILES string of the molecule is O=C(NCCCCCCn1c(=O)n(CCCCCCNC(=O)N2C=CN=CC2)c(=O)n(CCCCCCNC(=O)N2C=CN=CC2)c1=O)N1C=CN=CC1. The van der Waals surface area contributed by atoms with Gasteiger partial charge in [0.05, 0.1) is 19.6 Å². The molecular weight excluding hydrogens is 696 g/mol. The van der Waals surface area contributed by atoms with E-state index in [1.165, 1.54) is 28.4 Å². The van der Waals surface area contributed by atoms with E-state index in [2.05, 4.69) is 30.9 Å². The van der Waals surface area contributed by atoms with Crippen LogP contribution >= 0.6 is 0 Å². The molecule has 4 heterocycles. The van der Waals surface area contributed by atoms with Crippen molar-refractivity contribution < 1.29 is 14.4 Å². The van der Waals surface area contributed by atoms with E-state index in [0.29, 0.717) is 58.5 Å². The maximum atomic E-state index is 13.5. The Morgan fingerprint density at radius 1 is 0.444 bits per heavy atom. The molecule has 0 aromatic carbocycles. The number of rotatable bonds is 21. The summed E-state index contributed by atoms with van der Waals surface area (Å²) in [5.74, 6) is 0. The quantitative estimate of drug-likeness (QED) is 0.161. The highest BCUT2D eigenvalue weighted by atomic mass is 16.2. The second-order valence-electron chi connectivity index (χ2n) is 13.1. The predicted octanol–water partition coefficient (Wildman–Crippen LogP) is 2.55. The Bertz CT molecular complexity index is 1520. The molecule has 0 saturated heterocycles. The lowest BCUT2D eigenvalue weighted by molar-refractivity contribution is 0.218. The summed E-state index contributed by atoms with van der Waals surface area (Å²) < 4.78 is 3.54. The van der Waals surface area contributed by atoms with Crippen LogP contribution < -0.4 is 33.0 Å². The van der Waals surface area contributed by atoms with Gasteiger partial charge >= 0.3 is 35.2 Å². The fourth-order valence-electron chi connectivity index (χ4n) is 5.97. The third-order valence-corrected chi connectivity index (χ3v) is 9.07. The van der Waals surface area contributed by atoms with Crippen LogP contribution in [-0.2, 0) is 19.6 Å². The Kier molecular flexibility index (Phi) is 17.7. The molecule has 1 aromatic rings. The maximum absolute atomic E-state index is 13.5. The summed E-state index contributed by atoms with van der Waals surface area (Å²) >= 11 is 0. The molecule has 0 spiro atoms. The number of hydrogen-bond donors (Lipinski definition) is 3. The Morgan fingerprint density at radius 3 is 0.981 bits per heavy atom. The number of aliphatic imine (C=N–C) groups is 3. The molecule has 0 atom stereocenters. The van der Waals surface area contributed by atoms with E-state index in [1.807, 2.05) is 0 Å². The van der Waals surface area contributed by atoms with Crippen molar-refractivity contribution in [3.63, 3.8) is 0 Å². The van der Waals surface area contributed by atoms with Crippen LogP contribution in [0.4, 0.5) is 14.4 Å². The number of carbonyl (C=O) groups is 3. The number of carbonyl (C=O) groups excluding carboxylic acids is 3. The molecule has 0 bridgehead atoms. The van der Waals surface area contributed by atoms with Gasteiger partial charge in [-0.3, -0.25) is 29.7 Å². The van der Waals surface area contributed by atoms with Crippen LogP contribution in [-0.4, -0.2) is 104 Å². The van der Waals surface area contributed by atoms with Crippen molar-refractivity contribution in [2.45, 2.75) is 96.7 Å². The zero-order valence-electron chi connectivity index (χ0n) is 31.0. The van der Waals surface area contributed by atoms with E-state index in [9.17, 15) is 28.8 Å². The Labute approximate surface area is 314 Å².